The number of hydrogen-bond donors (Lipinski definition) is 0. The smallest absolute Gasteiger partial charge is 0.310 e. The highest BCUT2D eigenvalue weighted by atomic mass is 16.5. The fourth-order valence-electron chi connectivity index (χ4n) is 2.32. The van der Waals surface area contributed by atoms with E-state index in [4.69, 9.17) is 4.74 Å². The zero-order chi connectivity index (χ0) is 16.0. The van der Waals surface area contributed by atoms with E-state index in [0.717, 1.165) is 25.7 Å². The van der Waals surface area contributed by atoms with Gasteiger partial charge < -0.3 is 4.74 Å². The monoisotopic (exact) mass is 302 g/mol. The van der Waals surface area contributed by atoms with E-state index in [-0.39, 0.29) is 5.97 Å². The van der Waals surface area contributed by atoms with Gasteiger partial charge >= 0.3 is 5.97 Å². The van der Waals surface area contributed by atoms with Crippen molar-refractivity contribution in [3.05, 3.63) is 48.2 Å². The standard InChI is InChI=1S/C20H30O2/c1-3-4-5-6-10-13-20(21)22-17-16-18(2)14-15-19-11-8-7-9-12-19/h7-9,11-12,16-18H,3-6,10,13-15H2,1-2H3. The lowest BCUT2D eigenvalue weighted by atomic mass is 10.0. The van der Waals surface area contributed by atoms with Crippen molar-refractivity contribution in [2.75, 3.05) is 0 Å². The van der Waals surface area contributed by atoms with E-state index >= 15 is 0 Å². The minimum Gasteiger partial charge on any atom is -0.435 e. The Hall–Kier alpha value is -1.57. The van der Waals surface area contributed by atoms with Crippen LogP contribution in [0.15, 0.2) is 42.7 Å². The van der Waals surface area contributed by atoms with Crippen molar-refractivity contribution >= 4 is 5.97 Å². The summed E-state index contributed by atoms with van der Waals surface area (Å²) in [5.41, 5.74) is 1.35. The first-order valence-electron chi connectivity index (χ1n) is 8.62. The third kappa shape index (κ3) is 9.38. The van der Waals surface area contributed by atoms with Gasteiger partial charge in [-0.3, -0.25) is 4.79 Å². The topological polar surface area (TPSA) is 26.3 Å². The number of unbranched alkanes of at least 4 members (excludes halogenated alkanes) is 4. The molecule has 0 aliphatic heterocycles. The van der Waals surface area contributed by atoms with Gasteiger partial charge in [-0.2, -0.15) is 0 Å². The van der Waals surface area contributed by atoms with Crippen LogP contribution in [0.5, 0.6) is 0 Å². The normalized spacial score (nSPS) is 12.5. The molecular weight excluding hydrogens is 272 g/mol. The van der Waals surface area contributed by atoms with Gasteiger partial charge in [0.25, 0.3) is 0 Å². The minimum atomic E-state index is -0.108. The number of aryl methyl sites for hydroxylation is 1. The van der Waals surface area contributed by atoms with Crippen LogP contribution in [0.25, 0.3) is 0 Å². The fraction of sp³-hybridized carbons (Fsp3) is 0.550. The molecule has 0 saturated heterocycles. The maximum Gasteiger partial charge on any atom is 0.310 e. The number of carbonyl (C=O) groups is 1. The molecule has 0 heterocycles. The Morgan fingerprint density at radius 1 is 1.14 bits per heavy atom. The molecule has 0 aliphatic carbocycles. The first-order valence-corrected chi connectivity index (χ1v) is 8.62. The first-order chi connectivity index (χ1) is 10.7. The van der Waals surface area contributed by atoms with Gasteiger partial charge in [0.05, 0.1) is 6.26 Å². The van der Waals surface area contributed by atoms with Crippen molar-refractivity contribution < 1.29 is 9.53 Å². The van der Waals surface area contributed by atoms with Gasteiger partial charge in [-0.25, -0.2) is 0 Å². The molecule has 0 spiro atoms. The predicted molar refractivity (Wildman–Crippen MR) is 92.5 cm³/mol. The third-order valence-electron chi connectivity index (χ3n) is 3.82. The maximum atomic E-state index is 11.6. The largest absolute Gasteiger partial charge is 0.435 e. The van der Waals surface area contributed by atoms with Crippen molar-refractivity contribution in [2.24, 2.45) is 5.92 Å². The molecule has 0 aliphatic rings. The average Bonchev–Trinajstić information content (AvgIpc) is 2.54. The summed E-state index contributed by atoms with van der Waals surface area (Å²) < 4.78 is 5.15. The second-order valence-corrected chi connectivity index (χ2v) is 5.98. The molecule has 0 bridgehead atoms. The number of benzene rings is 1. The van der Waals surface area contributed by atoms with E-state index in [2.05, 4.69) is 38.1 Å². The molecule has 0 amide bonds. The van der Waals surface area contributed by atoms with Crippen molar-refractivity contribution in [1.82, 2.24) is 0 Å². The second-order valence-electron chi connectivity index (χ2n) is 5.98. The van der Waals surface area contributed by atoms with E-state index in [1.54, 1.807) is 6.26 Å². The Labute approximate surface area is 135 Å². The van der Waals surface area contributed by atoms with Crippen LogP contribution in [0.4, 0.5) is 0 Å². The van der Waals surface area contributed by atoms with E-state index in [0.29, 0.717) is 12.3 Å². The summed E-state index contributed by atoms with van der Waals surface area (Å²) in [6.45, 7) is 4.34. The molecule has 22 heavy (non-hydrogen) atoms. The molecule has 0 aromatic heterocycles. The molecule has 2 nitrogen and oxygen atoms in total. The molecule has 0 saturated carbocycles. The Morgan fingerprint density at radius 2 is 1.86 bits per heavy atom. The first kappa shape index (κ1) is 18.5. The van der Waals surface area contributed by atoms with Gasteiger partial charge in [-0.1, -0.05) is 69.9 Å². The van der Waals surface area contributed by atoms with Gasteiger partial charge in [-0.15, -0.1) is 0 Å². The lowest BCUT2D eigenvalue weighted by Crippen LogP contribution is -2.00. The van der Waals surface area contributed by atoms with Gasteiger partial charge in [0.15, 0.2) is 0 Å². The van der Waals surface area contributed by atoms with Crippen molar-refractivity contribution in [1.29, 1.82) is 0 Å². The van der Waals surface area contributed by atoms with Crippen LogP contribution in [-0.2, 0) is 16.0 Å². The van der Waals surface area contributed by atoms with E-state index in [1.807, 2.05) is 12.1 Å². The zero-order valence-electron chi connectivity index (χ0n) is 14.1. The molecule has 1 unspecified atom stereocenters. The Balaban J connectivity index is 2.09. The predicted octanol–water partition coefficient (Wildman–Crippen LogP) is 5.67. The van der Waals surface area contributed by atoms with Crippen molar-refractivity contribution in [3.8, 4) is 0 Å². The number of esters is 1. The number of carbonyl (C=O) groups excluding carboxylic acids is 1. The average molecular weight is 302 g/mol. The summed E-state index contributed by atoms with van der Waals surface area (Å²) in [5.74, 6) is 0.306. The lowest BCUT2D eigenvalue weighted by molar-refractivity contribution is -0.138. The van der Waals surface area contributed by atoms with Crippen LogP contribution in [-0.4, -0.2) is 5.97 Å². The highest BCUT2D eigenvalue weighted by molar-refractivity contribution is 5.69. The van der Waals surface area contributed by atoms with Crippen LogP contribution in [0.2, 0.25) is 0 Å². The maximum absolute atomic E-state index is 11.6. The third-order valence-corrected chi connectivity index (χ3v) is 3.82. The molecule has 122 valence electrons. The Bertz CT molecular complexity index is 423. The molecular formula is C20H30O2. The molecule has 0 N–H and O–H groups in total. The number of allylic oxidation sites excluding steroid dienone is 1. The highest BCUT2D eigenvalue weighted by Gasteiger charge is 2.02. The van der Waals surface area contributed by atoms with Crippen LogP contribution < -0.4 is 0 Å². The van der Waals surface area contributed by atoms with Gasteiger partial charge in [-0.05, 0) is 36.8 Å². The number of ether oxygens (including phenoxy) is 1. The zero-order valence-corrected chi connectivity index (χ0v) is 14.1. The van der Waals surface area contributed by atoms with Gasteiger partial charge in [0.2, 0.25) is 0 Å². The molecule has 0 radical (unpaired) electrons. The summed E-state index contributed by atoms with van der Waals surface area (Å²) in [7, 11) is 0. The summed E-state index contributed by atoms with van der Waals surface area (Å²) >= 11 is 0. The molecule has 1 aromatic carbocycles. The van der Waals surface area contributed by atoms with Crippen LogP contribution in [0.3, 0.4) is 0 Å². The summed E-state index contributed by atoms with van der Waals surface area (Å²) in [4.78, 5) is 11.6. The summed E-state index contributed by atoms with van der Waals surface area (Å²) in [6, 6.07) is 10.5. The van der Waals surface area contributed by atoms with E-state index in [1.165, 1.54) is 24.8 Å². The highest BCUT2D eigenvalue weighted by Crippen LogP contribution is 2.11. The summed E-state index contributed by atoms with van der Waals surface area (Å²) in [6.07, 6.45) is 12.0. The van der Waals surface area contributed by atoms with E-state index in [9.17, 15) is 4.79 Å². The van der Waals surface area contributed by atoms with Crippen LogP contribution in [0.1, 0.15) is 64.4 Å². The van der Waals surface area contributed by atoms with Gasteiger partial charge in [0, 0.05) is 6.42 Å². The second kappa shape index (κ2) is 12.0. The quantitative estimate of drug-likeness (QED) is 0.299. The van der Waals surface area contributed by atoms with Crippen LogP contribution >= 0.6 is 0 Å². The minimum absolute atomic E-state index is 0.108. The molecule has 1 aromatic rings. The molecule has 2 heteroatoms. The fourth-order valence-corrected chi connectivity index (χ4v) is 2.32. The summed E-state index contributed by atoms with van der Waals surface area (Å²) in [5, 5.41) is 0. The number of rotatable bonds is 11. The number of hydrogen-bond acceptors (Lipinski definition) is 2. The Kier molecular flexibility index (Phi) is 10.1. The molecule has 1 rings (SSSR count). The van der Waals surface area contributed by atoms with Crippen LogP contribution in [0, 0.1) is 5.92 Å². The van der Waals surface area contributed by atoms with Crippen molar-refractivity contribution in [2.45, 2.75) is 65.2 Å². The SMILES string of the molecule is CCCCCCCC(=O)OC=CC(C)CCc1ccccc1. The lowest BCUT2D eigenvalue weighted by Gasteiger charge is -2.06. The van der Waals surface area contributed by atoms with Gasteiger partial charge in [0.1, 0.15) is 0 Å². The van der Waals surface area contributed by atoms with E-state index < -0.39 is 0 Å². The van der Waals surface area contributed by atoms with Crippen molar-refractivity contribution in [3.63, 3.8) is 0 Å². The Morgan fingerprint density at radius 3 is 2.59 bits per heavy atom. The molecule has 0 fully saturated rings. The molecule has 1 atom stereocenters.